The van der Waals surface area contributed by atoms with Crippen LogP contribution in [-0.2, 0) is 12.8 Å². The normalized spacial score (nSPS) is 11.5. The highest BCUT2D eigenvalue weighted by molar-refractivity contribution is 5.88. The molecule has 6 heteroatoms. The molecule has 1 heterocycles. The van der Waals surface area contributed by atoms with Gasteiger partial charge in [-0.1, -0.05) is 34.9 Å². The molecule has 0 amide bonds. The second kappa shape index (κ2) is 11.2. The molecule has 0 aliphatic heterocycles. The van der Waals surface area contributed by atoms with Gasteiger partial charge in [0.05, 0.1) is 5.56 Å². The molecule has 0 spiro atoms. The van der Waals surface area contributed by atoms with Gasteiger partial charge in [-0.05, 0) is 72.4 Å². The van der Waals surface area contributed by atoms with Crippen LogP contribution in [0.4, 0.5) is 0 Å². The summed E-state index contributed by atoms with van der Waals surface area (Å²) in [6.45, 7) is 9.93. The third-order valence-corrected chi connectivity index (χ3v) is 6.02. The summed E-state index contributed by atoms with van der Waals surface area (Å²) < 4.78 is 6.02. The highest BCUT2D eigenvalue weighted by Crippen LogP contribution is 2.41. The maximum absolute atomic E-state index is 13.4. The predicted octanol–water partition coefficient (Wildman–Crippen LogP) is 7.03. The molecule has 3 aromatic rings. The Morgan fingerprint density at radius 2 is 1.50 bits per heavy atom. The summed E-state index contributed by atoms with van der Waals surface area (Å²) in [7, 11) is 0. The maximum Gasteiger partial charge on any atom is 0.200 e. The van der Waals surface area contributed by atoms with Gasteiger partial charge in [0.15, 0.2) is 0 Å². The second-order valence-corrected chi connectivity index (χ2v) is 9.60. The maximum atomic E-state index is 13.4. The van der Waals surface area contributed by atoms with E-state index in [4.69, 9.17) is 4.42 Å². The number of aromatic hydroxyl groups is 4. The van der Waals surface area contributed by atoms with Crippen LogP contribution < -0.4 is 5.43 Å². The fourth-order valence-corrected chi connectivity index (χ4v) is 4.01. The first-order valence-corrected chi connectivity index (χ1v) is 12.0. The van der Waals surface area contributed by atoms with Crippen LogP contribution >= 0.6 is 0 Å². The number of phenolic OH excluding ortho intramolecular Hbond substituents is 4. The molecule has 6 nitrogen and oxygen atoms in total. The number of phenols is 4. The van der Waals surface area contributed by atoms with Crippen molar-refractivity contribution in [2.24, 2.45) is 0 Å². The van der Waals surface area contributed by atoms with E-state index in [2.05, 4.69) is 19.9 Å². The van der Waals surface area contributed by atoms with Crippen LogP contribution in [0.3, 0.4) is 0 Å². The number of benzene rings is 2. The van der Waals surface area contributed by atoms with E-state index in [0.29, 0.717) is 12.0 Å². The molecule has 0 radical (unpaired) electrons. The van der Waals surface area contributed by atoms with Gasteiger partial charge in [0.2, 0.25) is 5.43 Å². The number of allylic oxidation sites excluding steroid dienone is 6. The van der Waals surface area contributed by atoms with Crippen LogP contribution in [0.2, 0.25) is 0 Å². The zero-order chi connectivity index (χ0) is 26.6. The van der Waals surface area contributed by atoms with Crippen molar-refractivity contribution in [1.82, 2.24) is 0 Å². The average Bonchev–Trinajstić information content (AvgIpc) is 2.77. The zero-order valence-electron chi connectivity index (χ0n) is 21.5. The largest absolute Gasteiger partial charge is 0.508 e. The number of rotatable bonds is 8. The van der Waals surface area contributed by atoms with E-state index in [1.165, 1.54) is 23.8 Å². The summed E-state index contributed by atoms with van der Waals surface area (Å²) in [4.78, 5) is 13.4. The van der Waals surface area contributed by atoms with E-state index >= 15 is 0 Å². The second-order valence-electron chi connectivity index (χ2n) is 9.60. The molecule has 0 aliphatic carbocycles. The lowest BCUT2D eigenvalue weighted by atomic mass is 9.96. The molecule has 0 aliphatic rings. The van der Waals surface area contributed by atoms with Crippen LogP contribution in [0, 0.1) is 0 Å². The van der Waals surface area contributed by atoms with E-state index < -0.39 is 5.43 Å². The Morgan fingerprint density at radius 1 is 0.833 bits per heavy atom. The van der Waals surface area contributed by atoms with Gasteiger partial charge in [0.1, 0.15) is 39.7 Å². The van der Waals surface area contributed by atoms with E-state index in [1.807, 2.05) is 32.9 Å². The fraction of sp³-hybridized carbons (Fsp3) is 0.300. The molecule has 3 rings (SSSR count). The van der Waals surface area contributed by atoms with Crippen molar-refractivity contribution in [2.45, 2.75) is 60.3 Å². The van der Waals surface area contributed by atoms with Crippen LogP contribution in [0.5, 0.6) is 23.0 Å². The molecule has 36 heavy (non-hydrogen) atoms. The molecule has 0 atom stereocenters. The Hall–Kier alpha value is -3.93. The van der Waals surface area contributed by atoms with E-state index in [0.717, 1.165) is 30.1 Å². The van der Waals surface area contributed by atoms with Crippen molar-refractivity contribution in [3.63, 3.8) is 0 Å². The van der Waals surface area contributed by atoms with Gasteiger partial charge < -0.3 is 24.8 Å². The monoisotopic (exact) mass is 490 g/mol. The van der Waals surface area contributed by atoms with E-state index in [1.54, 1.807) is 0 Å². The Bertz CT molecular complexity index is 1430. The number of hydrogen-bond donors (Lipinski definition) is 4. The van der Waals surface area contributed by atoms with Crippen molar-refractivity contribution in [3.8, 4) is 34.3 Å². The molecular formula is C30H34O6. The van der Waals surface area contributed by atoms with Crippen LogP contribution in [0.1, 0.15) is 58.6 Å². The highest BCUT2D eigenvalue weighted by atomic mass is 16.3. The van der Waals surface area contributed by atoms with Crippen LogP contribution in [-0.4, -0.2) is 20.4 Å². The third-order valence-electron chi connectivity index (χ3n) is 6.02. The minimum atomic E-state index is -0.453. The molecule has 0 saturated heterocycles. The minimum Gasteiger partial charge on any atom is -0.508 e. The van der Waals surface area contributed by atoms with Gasteiger partial charge in [-0.3, -0.25) is 4.79 Å². The van der Waals surface area contributed by atoms with Gasteiger partial charge >= 0.3 is 0 Å². The first-order valence-electron chi connectivity index (χ1n) is 12.0. The molecular weight excluding hydrogens is 456 g/mol. The first kappa shape index (κ1) is 26.7. The summed E-state index contributed by atoms with van der Waals surface area (Å²) >= 11 is 0. The summed E-state index contributed by atoms with van der Waals surface area (Å²) in [6, 6.07) is 5.30. The van der Waals surface area contributed by atoms with Gasteiger partial charge in [-0.15, -0.1) is 0 Å². The topological polar surface area (TPSA) is 111 Å². The van der Waals surface area contributed by atoms with E-state index in [9.17, 15) is 25.2 Å². The third kappa shape index (κ3) is 6.00. The molecule has 0 unspecified atom stereocenters. The smallest absolute Gasteiger partial charge is 0.200 e. The summed E-state index contributed by atoms with van der Waals surface area (Å²) in [5.41, 5.74) is 3.74. The molecule has 4 N–H and O–H groups in total. The molecule has 0 bridgehead atoms. The van der Waals surface area contributed by atoms with Gasteiger partial charge in [-0.25, -0.2) is 0 Å². The predicted molar refractivity (Wildman–Crippen MR) is 144 cm³/mol. The fourth-order valence-electron chi connectivity index (χ4n) is 4.01. The SMILES string of the molecule is CC(C)=CCC/C(C)=C\Cc1c(O)ccc(-c2oc3cc(O)cc(O)c3c(=O)c2CC=C(C)C)c1O. The molecule has 1 aromatic heterocycles. The zero-order valence-corrected chi connectivity index (χ0v) is 21.5. The minimum absolute atomic E-state index is 0.00233. The van der Waals surface area contributed by atoms with Crippen molar-refractivity contribution in [2.75, 3.05) is 0 Å². The quantitative estimate of drug-likeness (QED) is 0.252. The summed E-state index contributed by atoms with van der Waals surface area (Å²) in [6.07, 6.45) is 8.29. The van der Waals surface area contributed by atoms with Gasteiger partial charge in [-0.2, -0.15) is 0 Å². The average molecular weight is 491 g/mol. The van der Waals surface area contributed by atoms with Crippen molar-refractivity contribution >= 4 is 11.0 Å². The Kier molecular flexibility index (Phi) is 8.30. The molecule has 0 saturated carbocycles. The molecule has 0 fully saturated rings. The van der Waals surface area contributed by atoms with Crippen LogP contribution in [0.15, 0.2) is 68.4 Å². The Labute approximate surface area is 211 Å². The lowest BCUT2D eigenvalue weighted by Crippen LogP contribution is -2.11. The van der Waals surface area contributed by atoms with Gasteiger partial charge in [0.25, 0.3) is 0 Å². The standard InChI is InChI=1S/C30H34O6/c1-17(2)7-6-8-19(5)10-12-21-24(32)14-13-22(28(21)34)30-23(11-9-18(3)4)29(35)27-25(33)15-20(31)16-26(27)36-30/h7,9-10,13-16,31-34H,6,8,11-12H2,1-5H3/b19-10-. The lowest BCUT2D eigenvalue weighted by Gasteiger charge is -2.14. The number of fused-ring (bicyclic) bond motifs is 1. The Morgan fingerprint density at radius 3 is 2.17 bits per heavy atom. The highest BCUT2D eigenvalue weighted by Gasteiger charge is 2.22. The number of hydrogen-bond acceptors (Lipinski definition) is 6. The van der Waals surface area contributed by atoms with E-state index in [-0.39, 0.29) is 57.3 Å². The summed E-state index contributed by atoms with van der Waals surface area (Å²) in [5.74, 6) is -0.760. The van der Waals surface area contributed by atoms with Crippen molar-refractivity contribution in [3.05, 3.63) is 80.6 Å². The van der Waals surface area contributed by atoms with Crippen molar-refractivity contribution in [1.29, 1.82) is 0 Å². The lowest BCUT2D eigenvalue weighted by molar-refractivity contribution is 0.440. The van der Waals surface area contributed by atoms with Gasteiger partial charge in [0, 0.05) is 23.3 Å². The summed E-state index contributed by atoms with van der Waals surface area (Å²) in [5, 5.41) is 41.9. The van der Waals surface area contributed by atoms with Crippen LogP contribution in [0.25, 0.3) is 22.3 Å². The molecule has 2 aromatic carbocycles. The first-order chi connectivity index (χ1) is 17.0. The molecule has 190 valence electrons. The van der Waals surface area contributed by atoms with Crippen molar-refractivity contribution < 1.29 is 24.8 Å². The Balaban J connectivity index is 2.16.